The number of esters is 1. The van der Waals surface area contributed by atoms with Gasteiger partial charge >= 0.3 is 5.97 Å². The molecule has 0 saturated carbocycles. The van der Waals surface area contributed by atoms with Crippen molar-refractivity contribution in [2.75, 3.05) is 25.1 Å². The predicted octanol–water partition coefficient (Wildman–Crippen LogP) is 1.88. The van der Waals surface area contributed by atoms with Gasteiger partial charge in [0.2, 0.25) is 0 Å². The Morgan fingerprint density at radius 3 is 2.56 bits per heavy atom. The maximum absolute atomic E-state index is 12.8. The molecular formula is C23H22N4O5. The molecule has 2 heterocycles. The molecule has 0 radical (unpaired) electrons. The molecule has 1 aliphatic heterocycles. The molecule has 2 amide bonds. The monoisotopic (exact) mass is 434 g/mol. The molecular weight excluding hydrogens is 412 g/mol. The lowest BCUT2D eigenvalue weighted by molar-refractivity contribution is -0.128. The second kappa shape index (κ2) is 8.93. The first kappa shape index (κ1) is 21.1. The summed E-state index contributed by atoms with van der Waals surface area (Å²) in [5.41, 5.74) is 2.61. The minimum atomic E-state index is -0.854. The van der Waals surface area contributed by atoms with E-state index in [2.05, 4.69) is 10.4 Å². The highest BCUT2D eigenvalue weighted by Gasteiger charge is 2.33. The maximum atomic E-state index is 12.8. The molecule has 0 saturated heterocycles. The molecule has 1 unspecified atom stereocenters. The lowest BCUT2D eigenvalue weighted by atomic mass is 10.1. The maximum Gasteiger partial charge on any atom is 0.338 e. The average Bonchev–Trinajstić information content (AvgIpc) is 3.26. The third kappa shape index (κ3) is 4.18. The molecule has 0 bridgehead atoms. The van der Waals surface area contributed by atoms with Gasteiger partial charge in [-0.15, -0.1) is 0 Å². The summed E-state index contributed by atoms with van der Waals surface area (Å²) in [5, 5.41) is 6.75. The van der Waals surface area contributed by atoms with E-state index in [1.165, 1.54) is 11.9 Å². The molecule has 4 rings (SSSR count). The van der Waals surface area contributed by atoms with E-state index in [1.807, 2.05) is 13.0 Å². The van der Waals surface area contributed by atoms with Crippen LogP contribution in [0, 0.1) is 6.92 Å². The number of amides is 2. The minimum Gasteiger partial charge on any atom is -0.477 e. The Morgan fingerprint density at radius 2 is 1.88 bits per heavy atom. The van der Waals surface area contributed by atoms with Gasteiger partial charge in [-0.25, -0.2) is 9.48 Å². The topological polar surface area (TPSA) is 103 Å². The van der Waals surface area contributed by atoms with Gasteiger partial charge in [0, 0.05) is 18.9 Å². The summed E-state index contributed by atoms with van der Waals surface area (Å²) in [6.07, 6.45) is 0.842. The molecule has 1 N–H and O–H groups in total. The van der Waals surface area contributed by atoms with Gasteiger partial charge in [-0.2, -0.15) is 5.10 Å². The van der Waals surface area contributed by atoms with Crippen molar-refractivity contribution in [3.63, 3.8) is 0 Å². The zero-order valence-corrected chi connectivity index (χ0v) is 17.6. The number of rotatable bonds is 5. The Morgan fingerprint density at radius 1 is 1.12 bits per heavy atom. The summed E-state index contributed by atoms with van der Waals surface area (Å²) in [7, 11) is 1.50. The Balaban J connectivity index is 1.43. The van der Waals surface area contributed by atoms with Gasteiger partial charge in [0.25, 0.3) is 11.8 Å². The first-order valence-corrected chi connectivity index (χ1v) is 10.0. The van der Waals surface area contributed by atoms with Crippen LogP contribution in [0.5, 0.6) is 5.75 Å². The Labute approximate surface area is 184 Å². The van der Waals surface area contributed by atoms with Crippen LogP contribution in [0.15, 0.2) is 60.8 Å². The number of hydrogen-bond donors (Lipinski definition) is 1. The molecule has 1 aliphatic rings. The Bertz CT molecular complexity index is 1160. The second-order valence-corrected chi connectivity index (χ2v) is 7.20. The lowest BCUT2D eigenvalue weighted by Crippen LogP contribution is -2.51. The van der Waals surface area contributed by atoms with Gasteiger partial charge in [0.05, 0.1) is 23.5 Å². The van der Waals surface area contributed by atoms with Crippen LogP contribution in [-0.4, -0.2) is 53.9 Å². The van der Waals surface area contributed by atoms with Gasteiger partial charge in [0.15, 0.2) is 12.7 Å². The minimum absolute atomic E-state index is 0.0188. The number of likely N-dealkylation sites (N-methyl/N-ethyl adjacent to an activating group) is 1. The van der Waals surface area contributed by atoms with Crippen LogP contribution in [0.2, 0.25) is 0 Å². The quantitative estimate of drug-likeness (QED) is 0.615. The highest BCUT2D eigenvalue weighted by Crippen LogP contribution is 2.33. The van der Waals surface area contributed by atoms with Crippen LogP contribution in [0.25, 0.3) is 5.69 Å². The van der Waals surface area contributed by atoms with Crippen LogP contribution in [-0.2, 0) is 14.3 Å². The van der Waals surface area contributed by atoms with Crippen molar-refractivity contribution in [1.29, 1.82) is 0 Å². The van der Waals surface area contributed by atoms with Crippen LogP contribution < -0.4 is 15.0 Å². The molecule has 164 valence electrons. The van der Waals surface area contributed by atoms with E-state index in [9.17, 15) is 14.4 Å². The summed E-state index contributed by atoms with van der Waals surface area (Å²) in [5.74, 6) is -1.00. The average molecular weight is 434 g/mol. The van der Waals surface area contributed by atoms with Gasteiger partial charge in [0.1, 0.15) is 5.75 Å². The van der Waals surface area contributed by atoms with Gasteiger partial charge in [-0.3, -0.25) is 9.59 Å². The summed E-state index contributed by atoms with van der Waals surface area (Å²) in [6.45, 7) is 1.48. The summed E-state index contributed by atoms with van der Waals surface area (Å²) >= 11 is 0. The number of para-hydroxylation sites is 2. The number of aromatic nitrogens is 2. The number of ether oxygens (including phenoxy) is 2. The molecule has 1 aromatic heterocycles. The van der Waals surface area contributed by atoms with Crippen LogP contribution in [0.3, 0.4) is 0 Å². The first-order valence-electron chi connectivity index (χ1n) is 10.0. The molecule has 0 fully saturated rings. The Kier molecular flexibility index (Phi) is 5.89. The molecule has 0 spiro atoms. The van der Waals surface area contributed by atoms with E-state index in [0.29, 0.717) is 17.0 Å². The first-order chi connectivity index (χ1) is 15.5. The number of carbonyl (C=O) groups excluding carboxylic acids is 3. The highest BCUT2D eigenvalue weighted by atomic mass is 16.5. The molecule has 0 aliphatic carbocycles. The van der Waals surface area contributed by atoms with Crippen molar-refractivity contribution in [1.82, 2.24) is 15.1 Å². The highest BCUT2D eigenvalue weighted by molar-refractivity contribution is 5.99. The molecule has 9 nitrogen and oxygen atoms in total. The number of fused-ring (bicyclic) bond motifs is 1. The smallest absolute Gasteiger partial charge is 0.338 e. The van der Waals surface area contributed by atoms with E-state index < -0.39 is 24.6 Å². The molecule has 2 aromatic carbocycles. The van der Waals surface area contributed by atoms with Crippen molar-refractivity contribution >= 4 is 23.5 Å². The number of hydrogen-bond acceptors (Lipinski definition) is 6. The van der Waals surface area contributed by atoms with E-state index in [0.717, 1.165) is 11.4 Å². The summed E-state index contributed by atoms with van der Waals surface area (Å²) in [6, 6.07) is 15.5. The fourth-order valence-corrected chi connectivity index (χ4v) is 3.44. The van der Waals surface area contributed by atoms with Crippen molar-refractivity contribution in [2.45, 2.75) is 13.0 Å². The molecule has 3 aromatic rings. The Hall–Kier alpha value is -4.14. The SMILES string of the molecule is CNC(=O)C1CN(C(=O)COC(=O)c2ccc(-n3nccc3C)cc2)c2ccccc2O1. The number of aryl methyl sites for hydroxylation is 1. The van der Waals surface area contributed by atoms with Crippen molar-refractivity contribution in [3.8, 4) is 11.4 Å². The van der Waals surface area contributed by atoms with Crippen molar-refractivity contribution < 1.29 is 23.9 Å². The van der Waals surface area contributed by atoms with Gasteiger partial charge < -0.3 is 19.7 Å². The van der Waals surface area contributed by atoms with E-state index in [1.54, 1.807) is 59.4 Å². The third-order valence-corrected chi connectivity index (χ3v) is 5.12. The number of nitrogens with one attached hydrogen (secondary N) is 1. The van der Waals surface area contributed by atoms with E-state index in [-0.39, 0.29) is 12.5 Å². The molecule has 9 heteroatoms. The summed E-state index contributed by atoms with van der Waals surface area (Å²) in [4.78, 5) is 38.8. The lowest BCUT2D eigenvalue weighted by Gasteiger charge is -2.33. The molecule has 1 atom stereocenters. The summed E-state index contributed by atoms with van der Waals surface area (Å²) < 4.78 is 12.7. The fourth-order valence-electron chi connectivity index (χ4n) is 3.44. The zero-order valence-electron chi connectivity index (χ0n) is 17.6. The van der Waals surface area contributed by atoms with Crippen LogP contribution >= 0.6 is 0 Å². The van der Waals surface area contributed by atoms with Crippen molar-refractivity contribution in [2.24, 2.45) is 0 Å². The third-order valence-electron chi connectivity index (χ3n) is 5.12. The number of anilines is 1. The largest absolute Gasteiger partial charge is 0.477 e. The predicted molar refractivity (Wildman–Crippen MR) is 116 cm³/mol. The van der Waals surface area contributed by atoms with Crippen molar-refractivity contribution in [3.05, 3.63) is 72.1 Å². The molecule has 32 heavy (non-hydrogen) atoms. The van der Waals surface area contributed by atoms with E-state index in [4.69, 9.17) is 9.47 Å². The standard InChI is InChI=1S/C23H22N4O5/c1-15-11-12-25-27(15)17-9-7-16(8-10-17)23(30)31-14-21(28)26-13-20(22(29)24-2)32-19-6-4-3-5-18(19)26/h3-12,20H,13-14H2,1-2H3,(H,24,29). The number of carbonyl (C=O) groups is 3. The fraction of sp³-hybridized carbons (Fsp3) is 0.217. The second-order valence-electron chi connectivity index (χ2n) is 7.20. The number of nitrogens with zero attached hydrogens (tertiary/aromatic N) is 3. The number of benzene rings is 2. The van der Waals surface area contributed by atoms with Gasteiger partial charge in [-0.05, 0) is 49.4 Å². The van der Waals surface area contributed by atoms with Crippen LogP contribution in [0.1, 0.15) is 16.1 Å². The normalized spacial score (nSPS) is 14.8. The van der Waals surface area contributed by atoms with E-state index >= 15 is 0 Å². The van der Waals surface area contributed by atoms with Crippen LogP contribution in [0.4, 0.5) is 5.69 Å². The zero-order chi connectivity index (χ0) is 22.7. The van der Waals surface area contributed by atoms with Gasteiger partial charge in [-0.1, -0.05) is 12.1 Å².